The summed E-state index contributed by atoms with van der Waals surface area (Å²) in [4.78, 5) is 17.8. The number of amides is 1. The molecule has 4 nitrogen and oxygen atoms in total. The van der Waals surface area contributed by atoms with Crippen molar-refractivity contribution in [3.63, 3.8) is 0 Å². The molecule has 0 atom stereocenters. The molecular weight excluding hydrogens is 240 g/mol. The lowest BCUT2D eigenvalue weighted by Gasteiger charge is -2.37. The Hall–Kier alpha value is -1.29. The van der Waals surface area contributed by atoms with Gasteiger partial charge in [0.1, 0.15) is 5.75 Å². The van der Waals surface area contributed by atoms with E-state index in [-0.39, 0.29) is 17.7 Å². The molecule has 1 aliphatic rings. The monoisotopic (exact) mass is 254 g/mol. The number of carbonyl (C=O) groups is 1. The Labute approximate surface area is 105 Å². The smallest absolute Gasteiger partial charge is 0.258 e. The maximum atomic E-state index is 12.3. The van der Waals surface area contributed by atoms with E-state index >= 15 is 0 Å². The Morgan fingerprint density at radius 3 is 2.88 bits per heavy atom. The standard InChI is InChI=1S/C12H15ClN2O2/c13-5-7-15(9-2-1-3-9)12(17)10-4-6-14-8-11(10)16/h4,6,8-9,16H,1-3,5,7H2. The largest absolute Gasteiger partial charge is 0.505 e. The van der Waals surface area contributed by atoms with E-state index in [9.17, 15) is 9.90 Å². The zero-order chi connectivity index (χ0) is 12.3. The topological polar surface area (TPSA) is 53.4 Å². The van der Waals surface area contributed by atoms with E-state index < -0.39 is 0 Å². The van der Waals surface area contributed by atoms with Gasteiger partial charge in [-0.2, -0.15) is 0 Å². The molecule has 2 rings (SSSR count). The zero-order valence-corrected chi connectivity index (χ0v) is 10.2. The van der Waals surface area contributed by atoms with Gasteiger partial charge in [0, 0.05) is 24.7 Å². The number of carbonyl (C=O) groups excluding carboxylic acids is 1. The summed E-state index contributed by atoms with van der Waals surface area (Å²) in [5.74, 6) is 0.181. The third-order valence-corrected chi connectivity index (χ3v) is 3.30. The second kappa shape index (κ2) is 5.36. The van der Waals surface area contributed by atoms with Crippen LogP contribution in [0.1, 0.15) is 29.6 Å². The highest BCUT2D eigenvalue weighted by Crippen LogP contribution is 2.27. The number of pyridine rings is 1. The molecule has 0 spiro atoms. The number of halogens is 1. The molecule has 17 heavy (non-hydrogen) atoms. The first-order valence-electron chi connectivity index (χ1n) is 5.74. The van der Waals surface area contributed by atoms with Crippen LogP contribution in [0.15, 0.2) is 18.5 Å². The molecule has 0 radical (unpaired) electrons. The van der Waals surface area contributed by atoms with Gasteiger partial charge in [0.05, 0.1) is 11.8 Å². The van der Waals surface area contributed by atoms with Gasteiger partial charge in [-0.05, 0) is 25.3 Å². The van der Waals surface area contributed by atoms with Crippen LogP contribution < -0.4 is 0 Å². The molecule has 92 valence electrons. The van der Waals surface area contributed by atoms with Gasteiger partial charge >= 0.3 is 0 Å². The van der Waals surface area contributed by atoms with Crippen LogP contribution in [0.5, 0.6) is 5.75 Å². The van der Waals surface area contributed by atoms with Crippen molar-refractivity contribution < 1.29 is 9.90 Å². The normalized spacial score (nSPS) is 15.4. The molecule has 1 aliphatic carbocycles. The molecule has 0 unspecified atom stereocenters. The van der Waals surface area contributed by atoms with Crippen LogP contribution in [-0.2, 0) is 0 Å². The van der Waals surface area contributed by atoms with Crippen molar-refractivity contribution in [3.8, 4) is 5.75 Å². The average Bonchev–Trinajstić information content (AvgIpc) is 2.26. The molecule has 5 heteroatoms. The van der Waals surface area contributed by atoms with Crippen LogP contribution in [0, 0.1) is 0 Å². The Morgan fingerprint density at radius 1 is 1.59 bits per heavy atom. The Kier molecular flexibility index (Phi) is 3.84. The summed E-state index contributed by atoms with van der Waals surface area (Å²) in [5, 5.41) is 9.63. The minimum Gasteiger partial charge on any atom is -0.505 e. The number of rotatable bonds is 4. The number of hydrogen-bond donors (Lipinski definition) is 1. The highest BCUT2D eigenvalue weighted by atomic mass is 35.5. The van der Waals surface area contributed by atoms with Crippen LogP contribution in [-0.4, -0.2) is 39.4 Å². The molecular formula is C12H15ClN2O2. The molecule has 0 bridgehead atoms. The van der Waals surface area contributed by atoms with Crippen molar-refractivity contribution in [3.05, 3.63) is 24.0 Å². The third-order valence-electron chi connectivity index (χ3n) is 3.13. The van der Waals surface area contributed by atoms with E-state index in [4.69, 9.17) is 11.6 Å². The Bertz CT molecular complexity index is 407. The highest BCUT2D eigenvalue weighted by Gasteiger charge is 2.29. The number of alkyl halides is 1. The SMILES string of the molecule is O=C(c1ccncc1O)N(CCCl)C1CCC1. The lowest BCUT2D eigenvalue weighted by atomic mass is 9.91. The second-order valence-electron chi connectivity index (χ2n) is 4.17. The van der Waals surface area contributed by atoms with Gasteiger partial charge in [-0.1, -0.05) is 0 Å². The van der Waals surface area contributed by atoms with Crippen LogP contribution in [0.4, 0.5) is 0 Å². The number of nitrogens with zero attached hydrogens (tertiary/aromatic N) is 2. The molecule has 0 aliphatic heterocycles. The second-order valence-corrected chi connectivity index (χ2v) is 4.54. The third kappa shape index (κ3) is 2.52. The summed E-state index contributed by atoms with van der Waals surface area (Å²) in [7, 11) is 0. The van der Waals surface area contributed by atoms with Crippen LogP contribution in [0.3, 0.4) is 0 Å². The van der Waals surface area contributed by atoms with E-state index in [0.29, 0.717) is 18.0 Å². The molecule has 1 saturated carbocycles. The van der Waals surface area contributed by atoms with Gasteiger partial charge in [0.25, 0.3) is 5.91 Å². The first-order valence-corrected chi connectivity index (χ1v) is 6.27. The fourth-order valence-electron chi connectivity index (χ4n) is 1.96. The first-order chi connectivity index (χ1) is 8.24. The van der Waals surface area contributed by atoms with Crippen molar-refractivity contribution in [2.75, 3.05) is 12.4 Å². The molecule has 0 saturated heterocycles. The van der Waals surface area contributed by atoms with Gasteiger partial charge in [-0.3, -0.25) is 9.78 Å². The molecule has 1 N–H and O–H groups in total. The number of aromatic hydroxyl groups is 1. The summed E-state index contributed by atoms with van der Waals surface area (Å²) in [6.45, 7) is 0.521. The van der Waals surface area contributed by atoms with E-state index in [0.717, 1.165) is 19.3 Å². The fourth-order valence-corrected chi connectivity index (χ4v) is 2.14. The summed E-state index contributed by atoms with van der Waals surface area (Å²) in [6.07, 6.45) is 5.99. The summed E-state index contributed by atoms with van der Waals surface area (Å²) >= 11 is 5.72. The van der Waals surface area contributed by atoms with Crippen molar-refractivity contribution in [2.24, 2.45) is 0 Å². The lowest BCUT2D eigenvalue weighted by molar-refractivity contribution is 0.0595. The molecule has 0 aromatic carbocycles. The minimum absolute atomic E-state index is 0.0728. The predicted molar refractivity (Wildman–Crippen MR) is 65.3 cm³/mol. The maximum absolute atomic E-state index is 12.3. The highest BCUT2D eigenvalue weighted by molar-refractivity contribution is 6.18. The Balaban J connectivity index is 2.18. The average molecular weight is 255 g/mol. The summed E-state index contributed by atoms with van der Waals surface area (Å²) in [5.41, 5.74) is 0.303. The van der Waals surface area contributed by atoms with E-state index in [1.165, 1.54) is 18.5 Å². The molecule has 1 aromatic rings. The molecule has 1 amide bonds. The van der Waals surface area contributed by atoms with Crippen molar-refractivity contribution in [2.45, 2.75) is 25.3 Å². The van der Waals surface area contributed by atoms with Gasteiger partial charge in [-0.15, -0.1) is 11.6 Å². The van der Waals surface area contributed by atoms with Gasteiger partial charge in [0.2, 0.25) is 0 Å². The van der Waals surface area contributed by atoms with Crippen molar-refractivity contribution >= 4 is 17.5 Å². The lowest BCUT2D eigenvalue weighted by Crippen LogP contribution is -2.45. The van der Waals surface area contributed by atoms with E-state index in [1.807, 2.05) is 0 Å². The molecule has 1 fully saturated rings. The van der Waals surface area contributed by atoms with Crippen molar-refractivity contribution in [1.29, 1.82) is 0 Å². The van der Waals surface area contributed by atoms with Gasteiger partial charge in [0.15, 0.2) is 0 Å². The molecule has 1 heterocycles. The summed E-state index contributed by atoms with van der Waals surface area (Å²) in [6, 6.07) is 1.81. The Morgan fingerprint density at radius 2 is 2.35 bits per heavy atom. The van der Waals surface area contributed by atoms with Gasteiger partial charge in [-0.25, -0.2) is 0 Å². The van der Waals surface area contributed by atoms with Crippen LogP contribution in [0.2, 0.25) is 0 Å². The zero-order valence-electron chi connectivity index (χ0n) is 9.47. The minimum atomic E-state index is -0.157. The van der Waals surface area contributed by atoms with E-state index in [2.05, 4.69) is 4.98 Å². The quantitative estimate of drug-likeness (QED) is 0.837. The molecule has 1 aromatic heterocycles. The number of aromatic nitrogens is 1. The predicted octanol–water partition coefficient (Wildman–Crippen LogP) is 2.02. The fraction of sp³-hybridized carbons (Fsp3) is 0.500. The van der Waals surface area contributed by atoms with Crippen LogP contribution >= 0.6 is 11.6 Å². The van der Waals surface area contributed by atoms with Gasteiger partial charge < -0.3 is 10.0 Å². The number of hydrogen-bond acceptors (Lipinski definition) is 3. The van der Waals surface area contributed by atoms with E-state index in [1.54, 1.807) is 4.90 Å². The van der Waals surface area contributed by atoms with Crippen molar-refractivity contribution in [1.82, 2.24) is 9.88 Å². The first kappa shape index (κ1) is 12.2. The van der Waals surface area contributed by atoms with Crippen LogP contribution in [0.25, 0.3) is 0 Å². The summed E-state index contributed by atoms with van der Waals surface area (Å²) < 4.78 is 0. The maximum Gasteiger partial charge on any atom is 0.258 e.